The lowest BCUT2D eigenvalue weighted by Crippen LogP contribution is -2.28. The number of hydrogen-bond donors (Lipinski definition) is 2. The summed E-state index contributed by atoms with van der Waals surface area (Å²) in [6.07, 6.45) is -0.257. The van der Waals surface area contributed by atoms with Crippen LogP contribution in [0.5, 0.6) is 0 Å². The van der Waals surface area contributed by atoms with Crippen molar-refractivity contribution in [1.82, 2.24) is 4.98 Å². The molecule has 2 N–H and O–H groups in total. The minimum atomic E-state index is -0.969. The van der Waals surface area contributed by atoms with Crippen LogP contribution >= 0.6 is 0 Å². The number of carbonyl (C=O) groups is 2. The van der Waals surface area contributed by atoms with Crippen molar-refractivity contribution in [2.45, 2.75) is 12.8 Å². The van der Waals surface area contributed by atoms with E-state index in [2.05, 4.69) is 4.98 Å². The molecule has 0 radical (unpaired) electrons. The van der Waals surface area contributed by atoms with Gasteiger partial charge < -0.3 is 19.5 Å². The summed E-state index contributed by atoms with van der Waals surface area (Å²) in [6.45, 7) is 0.314. The van der Waals surface area contributed by atoms with E-state index in [0.717, 1.165) is 0 Å². The zero-order valence-corrected chi connectivity index (χ0v) is 15.9. The van der Waals surface area contributed by atoms with E-state index in [1.54, 1.807) is 35.2 Å². The summed E-state index contributed by atoms with van der Waals surface area (Å²) in [6, 6.07) is 13.8. The van der Waals surface area contributed by atoms with Crippen molar-refractivity contribution in [2.24, 2.45) is 0 Å². The summed E-state index contributed by atoms with van der Waals surface area (Å²) in [5, 5.41) is 19.3. The highest BCUT2D eigenvalue weighted by Gasteiger charge is 2.17. The maximum Gasteiger partial charge on any atom is 0.305 e. The Bertz CT molecular complexity index is 1280. The predicted molar refractivity (Wildman–Crippen MR) is 111 cm³/mol. The van der Waals surface area contributed by atoms with Crippen LogP contribution in [0.4, 0.5) is 5.69 Å². The highest BCUT2D eigenvalue weighted by atomic mass is 16.4. The second kappa shape index (κ2) is 7.82. The lowest BCUT2D eigenvalue weighted by Gasteiger charge is -2.23. The quantitative estimate of drug-likeness (QED) is 0.354. The zero-order chi connectivity index (χ0) is 21.3. The van der Waals surface area contributed by atoms with Crippen LogP contribution in [0, 0.1) is 0 Å². The van der Waals surface area contributed by atoms with Crippen molar-refractivity contribution in [3.63, 3.8) is 0 Å². The van der Waals surface area contributed by atoms with Crippen LogP contribution in [-0.4, -0.2) is 40.2 Å². The van der Waals surface area contributed by atoms with Gasteiger partial charge in [0.05, 0.1) is 12.8 Å². The van der Waals surface area contributed by atoms with E-state index in [9.17, 15) is 14.4 Å². The third-order valence-corrected chi connectivity index (χ3v) is 4.90. The summed E-state index contributed by atoms with van der Waals surface area (Å²) < 4.78 is 5.96. The zero-order valence-electron chi connectivity index (χ0n) is 15.9. The number of fused-ring (bicyclic) bond motifs is 4. The Kier molecular flexibility index (Phi) is 5.05. The number of aliphatic carboxylic acids is 2. The Morgan fingerprint density at radius 3 is 2.27 bits per heavy atom. The van der Waals surface area contributed by atoms with Gasteiger partial charge in [-0.25, -0.2) is 4.98 Å². The summed E-state index contributed by atoms with van der Waals surface area (Å²) >= 11 is 0. The molecule has 8 nitrogen and oxygen atoms in total. The maximum atomic E-state index is 12.4. The van der Waals surface area contributed by atoms with Crippen LogP contribution in [0.2, 0.25) is 0 Å². The molecule has 0 fully saturated rings. The molecule has 0 saturated carbocycles. The Labute approximate surface area is 170 Å². The Morgan fingerprint density at radius 2 is 1.60 bits per heavy atom. The average molecular weight is 406 g/mol. The number of carboxylic acid groups (broad SMARTS) is 2. The number of carboxylic acids is 2. The van der Waals surface area contributed by atoms with Gasteiger partial charge in [0.25, 0.3) is 0 Å². The third kappa shape index (κ3) is 3.80. The molecule has 0 spiro atoms. The fraction of sp³-hybridized carbons (Fsp3) is 0.182. The molecular formula is C22H18N2O6. The van der Waals surface area contributed by atoms with Gasteiger partial charge in [0, 0.05) is 41.7 Å². The van der Waals surface area contributed by atoms with Gasteiger partial charge in [0.1, 0.15) is 11.2 Å². The molecular weight excluding hydrogens is 388 g/mol. The number of benzene rings is 3. The van der Waals surface area contributed by atoms with Crippen LogP contribution < -0.4 is 10.3 Å². The van der Waals surface area contributed by atoms with E-state index in [4.69, 9.17) is 14.6 Å². The first-order chi connectivity index (χ1) is 14.4. The van der Waals surface area contributed by atoms with Crippen molar-refractivity contribution in [1.29, 1.82) is 0 Å². The SMILES string of the molecule is O=C(O)CCN(CCC(=O)O)c1ccc2nc3c4ccccc4c(=O)cc-3oc2c1. The average Bonchev–Trinajstić information content (AvgIpc) is 2.72. The van der Waals surface area contributed by atoms with Crippen LogP contribution in [0.25, 0.3) is 33.3 Å². The van der Waals surface area contributed by atoms with Crippen molar-refractivity contribution < 1.29 is 24.2 Å². The van der Waals surface area contributed by atoms with Gasteiger partial charge in [-0.1, -0.05) is 24.3 Å². The maximum absolute atomic E-state index is 12.4. The van der Waals surface area contributed by atoms with Gasteiger partial charge in [0.2, 0.25) is 0 Å². The molecule has 2 aromatic carbocycles. The van der Waals surface area contributed by atoms with Crippen molar-refractivity contribution in [2.75, 3.05) is 18.0 Å². The van der Waals surface area contributed by atoms with E-state index in [0.29, 0.717) is 39.0 Å². The lowest BCUT2D eigenvalue weighted by atomic mass is 10.0. The fourth-order valence-corrected chi connectivity index (χ4v) is 3.44. The van der Waals surface area contributed by atoms with Gasteiger partial charge >= 0.3 is 11.9 Å². The van der Waals surface area contributed by atoms with E-state index in [1.807, 2.05) is 12.1 Å². The molecule has 0 atom stereocenters. The molecule has 0 unspecified atom stereocenters. The third-order valence-electron chi connectivity index (χ3n) is 4.90. The van der Waals surface area contributed by atoms with Gasteiger partial charge in [-0.2, -0.15) is 0 Å². The number of nitrogens with zero attached hydrogens (tertiary/aromatic N) is 2. The Balaban J connectivity index is 1.80. The smallest absolute Gasteiger partial charge is 0.305 e. The Hall–Kier alpha value is -3.94. The molecule has 1 aliphatic carbocycles. The van der Waals surface area contributed by atoms with Gasteiger partial charge in [0.15, 0.2) is 16.8 Å². The minimum absolute atomic E-state index is 0.129. The fourth-order valence-electron chi connectivity index (χ4n) is 3.44. The predicted octanol–water partition coefficient (Wildman–Crippen LogP) is 3.20. The van der Waals surface area contributed by atoms with E-state index in [1.165, 1.54) is 6.07 Å². The molecule has 0 amide bonds. The first-order valence-electron chi connectivity index (χ1n) is 9.37. The summed E-state index contributed by atoms with van der Waals surface area (Å²) in [5.41, 5.74) is 2.04. The van der Waals surface area contributed by atoms with Crippen molar-refractivity contribution in [3.05, 3.63) is 58.8 Å². The van der Waals surface area contributed by atoms with E-state index >= 15 is 0 Å². The molecule has 2 aliphatic rings. The van der Waals surface area contributed by atoms with Gasteiger partial charge in [-0.15, -0.1) is 0 Å². The normalized spacial score (nSPS) is 11.2. The highest BCUT2D eigenvalue weighted by molar-refractivity contribution is 5.96. The van der Waals surface area contributed by atoms with Crippen LogP contribution in [0.1, 0.15) is 12.8 Å². The monoisotopic (exact) mass is 406 g/mol. The second-order valence-electron chi connectivity index (χ2n) is 6.91. The molecule has 0 bridgehead atoms. The molecule has 4 rings (SSSR count). The molecule has 8 heteroatoms. The molecule has 1 heterocycles. The summed E-state index contributed by atoms with van der Waals surface area (Å²) in [4.78, 5) is 40.7. The summed E-state index contributed by atoms with van der Waals surface area (Å²) in [7, 11) is 0. The molecule has 152 valence electrons. The van der Waals surface area contributed by atoms with E-state index < -0.39 is 11.9 Å². The Morgan fingerprint density at radius 1 is 0.933 bits per heavy atom. The summed E-state index contributed by atoms with van der Waals surface area (Å²) in [5.74, 6) is -1.59. The van der Waals surface area contributed by atoms with Crippen molar-refractivity contribution in [3.8, 4) is 11.5 Å². The molecule has 1 aliphatic heterocycles. The van der Waals surface area contributed by atoms with Gasteiger partial charge in [-0.3, -0.25) is 14.4 Å². The topological polar surface area (TPSA) is 121 Å². The minimum Gasteiger partial charge on any atom is -0.481 e. The molecule has 30 heavy (non-hydrogen) atoms. The standard InChI is InChI=1S/C22H18N2O6/c25-17-12-19-22(15-4-2-1-3-14(15)17)23-16-6-5-13(11-18(16)30-19)24(9-7-20(26)27)10-8-21(28)29/h1-6,11-12H,7-10H2,(H,26,27)(H,28,29). The number of anilines is 1. The molecule has 2 aromatic rings. The first-order valence-corrected chi connectivity index (χ1v) is 9.37. The molecule has 0 aromatic heterocycles. The number of aromatic nitrogens is 1. The largest absolute Gasteiger partial charge is 0.481 e. The van der Waals surface area contributed by atoms with Crippen LogP contribution in [0.15, 0.2) is 57.7 Å². The van der Waals surface area contributed by atoms with Crippen LogP contribution in [-0.2, 0) is 9.59 Å². The van der Waals surface area contributed by atoms with Crippen molar-refractivity contribution >= 4 is 39.5 Å². The molecule has 0 saturated heterocycles. The first kappa shape index (κ1) is 19.4. The van der Waals surface area contributed by atoms with E-state index in [-0.39, 0.29) is 31.4 Å². The second-order valence-corrected chi connectivity index (χ2v) is 6.91. The van der Waals surface area contributed by atoms with Crippen LogP contribution in [0.3, 0.4) is 0 Å². The number of rotatable bonds is 7. The number of hydrogen-bond acceptors (Lipinski definition) is 6. The highest BCUT2D eigenvalue weighted by Crippen LogP contribution is 2.31. The van der Waals surface area contributed by atoms with Gasteiger partial charge in [-0.05, 0) is 12.1 Å². The lowest BCUT2D eigenvalue weighted by molar-refractivity contribution is -0.137.